The molecule has 1 aromatic carbocycles. The van der Waals surface area contributed by atoms with Gasteiger partial charge in [0, 0.05) is 5.56 Å². The van der Waals surface area contributed by atoms with Gasteiger partial charge in [-0.15, -0.1) is 0 Å². The van der Waals surface area contributed by atoms with Crippen molar-refractivity contribution >= 4 is 0 Å². The van der Waals surface area contributed by atoms with Gasteiger partial charge in [-0.3, -0.25) is 0 Å². The Labute approximate surface area is 92.9 Å². The van der Waals surface area contributed by atoms with Crippen LogP contribution in [0.1, 0.15) is 44.1 Å². The molecule has 1 fully saturated rings. The van der Waals surface area contributed by atoms with Gasteiger partial charge < -0.3 is 5.32 Å². The lowest BCUT2D eigenvalue weighted by molar-refractivity contribution is -0.705. The van der Waals surface area contributed by atoms with Crippen LogP contribution < -0.4 is 5.32 Å². The summed E-state index contributed by atoms with van der Waals surface area (Å²) in [6.07, 6.45) is 8.64. The monoisotopic (exact) mass is 204 g/mol. The minimum atomic E-state index is 0.882. The number of nitrogens with two attached hydrogens (primary N) is 1. The summed E-state index contributed by atoms with van der Waals surface area (Å²) in [6, 6.07) is 11.7. The highest BCUT2D eigenvalue weighted by Gasteiger charge is 2.14. The Bertz CT molecular complexity index is 260. The molecule has 0 atom stereocenters. The minimum absolute atomic E-state index is 0.882. The molecule has 1 nitrogen and oxygen atoms in total. The van der Waals surface area contributed by atoms with E-state index in [0.717, 1.165) is 12.6 Å². The molecule has 0 amide bonds. The lowest BCUT2D eigenvalue weighted by atomic mass is 10.1. The van der Waals surface area contributed by atoms with Crippen LogP contribution >= 0.6 is 0 Å². The third-order valence-corrected chi connectivity index (χ3v) is 3.43. The van der Waals surface area contributed by atoms with E-state index in [1.165, 1.54) is 44.1 Å². The molecule has 0 bridgehead atoms. The molecule has 1 aromatic rings. The van der Waals surface area contributed by atoms with Gasteiger partial charge in [-0.05, 0) is 25.7 Å². The van der Waals surface area contributed by atoms with Crippen LogP contribution in [0.4, 0.5) is 0 Å². The molecule has 2 rings (SSSR count). The maximum absolute atomic E-state index is 2.54. The average Bonchev–Trinajstić information content (AvgIpc) is 2.56. The van der Waals surface area contributed by atoms with Gasteiger partial charge in [0.1, 0.15) is 6.54 Å². The Kier molecular flexibility index (Phi) is 4.22. The van der Waals surface area contributed by atoms with Gasteiger partial charge >= 0.3 is 0 Å². The average molecular weight is 204 g/mol. The van der Waals surface area contributed by atoms with E-state index >= 15 is 0 Å². The molecular formula is C14H22N+. The van der Waals surface area contributed by atoms with Crippen LogP contribution in [0.2, 0.25) is 0 Å². The Morgan fingerprint density at radius 3 is 2.27 bits per heavy atom. The molecule has 0 radical (unpaired) electrons. The molecule has 2 N–H and O–H groups in total. The molecule has 0 saturated heterocycles. The standard InChI is InChI=1S/C14H21N/c1-2-7-11-14(10-6-1)15-12-13-8-4-3-5-9-13/h3-5,8-9,14-15H,1-2,6-7,10-12H2/p+1. The molecule has 0 spiro atoms. The van der Waals surface area contributed by atoms with Crippen molar-refractivity contribution < 1.29 is 5.32 Å². The summed E-state index contributed by atoms with van der Waals surface area (Å²) in [7, 11) is 0. The maximum atomic E-state index is 2.54. The molecule has 0 unspecified atom stereocenters. The van der Waals surface area contributed by atoms with Gasteiger partial charge in [0.2, 0.25) is 0 Å². The summed E-state index contributed by atoms with van der Waals surface area (Å²) in [6.45, 7) is 1.16. The van der Waals surface area contributed by atoms with Crippen molar-refractivity contribution in [3.63, 3.8) is 0 Å². The van der Waals surface area contributed by atoms with E-state index in [4.69, 9.17) is 0 Å². The first kappa shape index (κ1) is 10.7. The molecule has 1 aliphatic carbocycles. The highest BCUT2D eigenvalue weighted by atomic mass is 14.9. The summed E-state index contributed by atoms with van der Waals surface area (Å²) in [4.78, 5) is 0. The number of benzene rings is 1. The summed E-state index contributed by atoms with van der Waals surface area (Å²) in [5.74, 6) is 0. The number of hydrogen-bond donors (Lipinski definition) is 1. The first-order chi connectivity index (χ1) is 7.45. The highest BCUT2D eigenvalue weighted by Crippen LogP contribution is 2.14. The van der Waals surface area contributed by atoms with Crippen molar-refractivity contribution in [1.82, 2.24) is 0 Å². The number of quaternary nitrogens is 1. The molecule has 15 heavy (non-hydrogen) atoms. The predicted octanol–water partition coefficient (Wildman–Crippen LogP) is 2.47. The van der Waals surface area contributed by atoms with Crippen molar-refractivity contribution in [1.29, 1.82) is 0 Å². The van der Waals surface area contributed by atoms with Crippen molar-refractivity contribution in [2.45, 2.75) is 51.1 Å². The van der Waals surface area contributed by atoms with E-state index in [1.54, 1.807) is 0 Å². The van der Waals surface area contributed by atoms with Gasteiger partial charge in [0.25, 0.3) is 0 Å². The second-order valence-corrected chi connectivity index (χ2v) is 4.68. The van der Waals surface area contributed by atoms with Crippen molar-refractivity contribution in [3.8, 4) is 0 Å². The minimum Gasteiger partial charge on any atom is -0.340 e. The second kappa shape index (κ2) is 5.92. The summed E-state index contributed by atoms with van der Waals surface area (Å²) in [5.41, 5.74) is 1.46. The lowest BCUT2D eigenvalue weighted by Crippen LogP contribution is -2.88. The van der Waals surface area contributed by atoms with E-state index in [1.807, 2.05) is 0 Å². The molecule has 82 valence electrons. The third-order valence-electron chi connectivity index (χ3n) is 3.43. The normalized spacial score (nSPS) is 18.7. The van der Waals surface area contributed by atoms with Crippen LogP contribution in [0.3, 0.4) is 0 Å². The first-order valence-electron chi connectivity index (χ1n) is 6.32. The van der Waals surface area contributed by atoms with Gasteiger partial charge in [0.05, 0.1) is 6.04 Å². The maximum Gasteiger partial charge on any atom is 0.101 e. The highest BCUT2D eigenvalue weighted by molar-refractivity contribution is 5.12. The zero-order valence-electron chi connectivity index (χ0n) is 9.49. The topological polar surface area (TPSA) is 16.6 Å². The molecule has 0 aromatic heterocycles. The fourth-order valence-corrected chi connectivity index (χ4v) is 2.46. The Morgan fingerprint density at radius 2 is 1.60 bits per heavy atom. The smallest absolute Gasteiger partial charge is 0.101 e. The Hall–Kier alpha value is -0.820. The van der Waals surface area contributed by atoms with Crippen LogP contribution in [0, 0.1) is 0 Å². The molecule has 1 saturated carbocycles. The van der Waals surface area contributed by atoms with Crippen LogP contribution in [-0.2, 0) is 6.54 Å². The molecule has 0 heterocycles. The zero-order chi connectivity index (χ0) is 10.3. The van der Waals surface area contributed by atoms with Gasteiger partial charge in [-0.25, -0.2) is 0 Å². The largest absolute Gasteiger partial charge is 0.340 e. The van der Waals surface area contributed by atoms with E-state index in [9.17, 15) is 0 Å². The third kappa shape index (κ3) is 3.67. The Morgan fingerprint density at radius 1 is 0.933 bits per heavy atom. The first-order valence-corrected chi connectivity index (χ1v) is 6.32. The van der Waals surface area contributed by atoms with Gasteiger partial charge in [-0.1, -0.05) is 43.2 Å². The van der Waals surface area contributed by atoms with Crippen molar-refractivity contribution in [2.24, 2.45) is 0 Å². The lowest BCUT2D eigenvalue weighted by Gasteiger charge is -2.12. The van der Waals surface area contributed by atoms with E-state index in [-0.39, 0.29) is 0 Å². The summed E-state index contributed by atoms with van der Waals surface area (Å²) in [5, 5.41) is 2.54. The predicted molar refractivity (Wildman–Crippen MR) is 63.6 cm³/mol. The molecule has 1 aliphatic rings. The summed E-state index contributed by atoms with van der Waals surface area (Å²) >= 11 is 0. The fraction of sp³-hybridized carbons (Fsp3) is 0.571. The van der Waals surface area contributed by atoms with E-state index in [0.29, 0.717) is 0 Å². The molecule has 1 heteroatoms. The fourth-order valence-electron chi connectivity index (χ4n) is 2.46. The van der Waals surface area contributed by atoms with Crippen LogP contribution in [0.15, 0.2) is 30.3 Å². The summed E-state index contributed by atoms with van der Waals surface area (Å²) < 4.78 is 0. The molecular weight excluding hydrogens is 182 g/mol. The van der Waals surface area contributed by atoms with Crippen molar-refractivity contribution in [3.05, 3.63) is 35.9 Å². The van der Waals surface area contributed by atoms with E-state index in [2.05, 4.69) is 35.6 Å². The SMILES string of the molecule is c1ccc(C[NH2+]C2CCCCCC2)cc1. The van der Waals surface area contributed by atoms with Crippen LogP contribution in [-0.4, -0.2) is 6.04 Å². The van der Waals surface area contributed by atoms with Gasteiger partial charge in [0.15, 0.2) is 0 Å². The van der Waals surface area contributed by atoms with Gasteiger partial charge in [-0.2, -0.15) is 0 Å². The van der Waals surface area contributed by atoms with Crippen LogP contribution in [0.25, 0.3) is 0 Å². The zero-order valence-corrected chi connectivity index (χ0v) is 9.49. The van der Waals surface area contributed by atoms with Crippen LogP contribution in [0.5, 0.6) is 0 Å². The Balaban J connectivity index is 1.77. The number of hydrogen-bond acceptors (Lipinski definition) is 0. The number of rotatable bonds is 3. The second-order valence-electron chi connectivity index (χ2n) is 4.68. The van der Waals surface area contributed by atoms with E-state index < -0.39 is 0 Å². The quantitative estimate of drug-likeness (QED) is 0.728. The van der Waals surface area contributed by atoms with Crippen molar-refractivity contribution in [2.75, 3.05) is 0 Å². The molecule has 0 aliphatic heterocycles.